The Kier molecular flexibility index (Phi) is 4.33. The fourth-order valence-corrected chi connectivity index (χ4v) is 5.66. The minimum absolute atomic E-state index is 0.117. The van der Waals surface area contributed by atoms with Crippen LogP contribution in [0.2, 0.25) is 0 Å². The largest absolute Gasteiger partial charge is 0.465 e. The lowest BCUT2D eigenvalue weighted by molar-refractivity contribution is -0.144. The topological polar surface area (TPSA) is 75.7 Å². The Morgan fingerprint density at radius 2 is 2.00 bits per heavy atom. The van der Waals surface area contributed by atoms with E-state index in [0.29, 0.717) is 19.3 Å². The van der Waals surface area contributed by atoms with Gasteiger partial charge in [0.15, 0.2) is 5.54 Å². The molecular formula is C20H23BrN2O4. The molecule has 1 atom stereocenters. The van der Waals surface area contributed by atoms with Crippen molar-refractivity contribution in [3.05, 3.63) is 33.8 Å². The van der Waals surface area contributed by atoms with E-state index in [1.165, 1.54) is 4.90 Å². The molecule has 0 radical (unpaired) electrons. The Balaban J connectivity index is 1.83. The highest BCUT2D eigenvalue weighted by Crippen LogP contribution is 2.60. The van der Waals surface area contributed by atoms with Gasteiger partial charge in [0, 0.05) is 15.9 Å². The minimum atomic E-state index is -1.04. The Labute approximate surface area is 166 Å². The average molecular weight is 435 g/mol. The molecule has 2 fully saturated rings. The van der Waals surface area contributed by atoms with Crippen LogP contribution in [-0.4, -0.2) is 35.5 Å². The molecule has 3 amide bonds. The predicted octanol–water partition coefficient (Wildman–Crippen LogP) is 3.26. The number of hydrogen-bond acceptors (Lipinski definition) is 4. The third kappa shape index (κ3) is 2.47. The molecule has 1 aliphatic heterocycles. The second-order valence-electron chi connectivity index (χ2n) is 8.14. The third-order valence-electron chi connectivity index (χ3n) is 6.51. The second kappa shape index (κ2) is 6.33. The van der Waals surface area contributed by atoms with E-state index < -0.39 is 11.0 Å². The smallest absolute Gasteiger partial charge is 0.325 e. The van der Waals surface area contributed by atoms with Gasteiger partial charge in [0.25, 0.3) is 12.4 Å². The fraction of sp³-hybridized carbons (Fsp3) is 0.550. The maximum absolute atomic E-state index is 13.7. The zero-order valence-electron chi connectivity index (χ0n) is 15.5. The number of benzene rings is 1. The lowest BCUT2D eigenvalue weighted by atomic mass is 9.61. The molecule has 1 heterocycles. The van der Waals surface area contributed by atoms with Crippen LogP contribution in [0.4, 0.5) is 4.79 Å². The van der Waals surface area contributed by atoms with Gasteiger partial charge in [-0.15, -0.1) is 0 Å². The van der Waals surface area contributed by atoms with E-state index in [-0.39, 0.29) is 24.1 Å². The van der Waals surface area contributed by atoms with Gasteiger partial charge in [0.2, 0.25) is 0 Å². The summed E-state index contributed by atoms with van der Waals surface area (Å²) >= 11 is 3.52. The molecule has 1 aromatic rings. The molecule has 3 aliphatic rings. The first-order valence-electron chi connectivity index (χ1n) is 9.38. The zero-order chi connectivity index (χ0) is 19.4. The Bertz CT molecular complexity index is 816. The Hall–Kier alpha value is -1.89. The number of nitrogens with zero attached hydrogens (tertiary/aromatic N) is 1. The summed E-state index contributed by atoms with van der Waals surface area (Å²) < 4.78 is 6.06. The maximum atomic E-state index is 13.7. The van der Waals surface area contributed by atoms with Crippen LogP contribution in [0.3, 0.4) is 0 Å². The number of rotatable bonds is 3. The van der Waals surface area contributed by atoms with E-state index in [1.54, 1.807) is 0 Å². The SMILES string of the molecule is CC(C)N1C(=O)NC2(C1=O)c1cc(Br)ccc1C[C@]21CC[C@@H](OC=O)CC1. The first-order chi connectivity index (χ1) is 12.8. The zero-order valence-corrected chi connectivity index (χ0v) is 17.0. The van der Waals surface area contributed by atoms with Crippen molar-refractivity contribution in [1.29, 1.82) is 0 Å². The molecule has 2 spiro atoms. The van der Waals surface area contributed by atoms with Gasteiger partial charge in [0.05, 0.1) is 0 Å². The standard InChI is InChI=1S/C20H23BrN2O4/c1-12(2)23-17(25)20(22-18(23)26)16-9-14(21)4-3-13(16)10-19(20)7-5-15(6-8-19)27-11-24/h3-4,9,11-12,15H,5-8,10H2,1-2H3,(H,22,26)/t15-,19-,20?. The average Bonchev–Trinajstić information content (AvgIpc) is 3.04. The van der Waals surface area contributed by atoms with Gasteiger partial charge in [-0.1, -0.05) is 22.0 Å². The van der Waals surface area contributed by atoms with E-state index in [1.807, 2.05) is 32.0 Å². The predicted molar refractivity (Wildman–Crippen MR) is 102 cm³/mol. The molecule has 144 valence electrons. The number of carbonyl (C=O) groups excluding carboxylic acids is 3. The van der Waals surface area contributed by atoms with Crippen LogP contribution < -0.4 is 5.32 Å². The molecule has 1 saturated heterocycles. The van der Waals surface area contributed by atoms with Crippen LogP contribution in [-0.2, 0) is 26.3 Å². The van der Waals surface area contributed by atoms with Gasteiger partial charge in [-0.3, -0.25) is 14.5 Å². The molecule has 1 saturated carbocycles. The molecule has 27 heavy (non-hydrogen) atoms. The Morgan fingerprint density at radius 1 is 1.30 bits per heavy atom. The molecule has 6 nitrogen and oxygen atoms in total. The van der Waals surface area contributed by atoms with Crippen molar-refractivity contribution in [2.45, 2.75) is 63.6 Å². The van der Waals surface area contributed by atoms with Crippen LogP contribution >= 0.6 is 15.9 Å². The molecule has 1 aromatic carbocycles. The second-order valence-corrected chi connectivity index (χ2v) is 9.05. The van der Waals surface area contributed by atoms with E-state index in [9.17, 15) is 14.4 Å². The van der Waals surface area contributed by atoms with Gasteiger partial charge < -0.3 is 10.1 Å². The Morgan fingerprint density at radius 3 is 2.59 bits per heavy atom. The molecular weight excluding hydrogens is 412 g/mol. The lowest BCUT2D eigenvalue weighted by Gasteiger charge is -2.46. The summed E-state index contributed by atoms with van der Waals surface area (Å²) in [5, 5.41) is 3.11. The first kappa shape index (κ1) is 18.5. The summed E-state index contributed by atoms with van der Waals surface area (Å²) in [5.41, 5.74) is 0.565. The van der Waals surface area contributed by atoms with Crippen molar-refractivity contribution in [3.8, 4) is 0 Å². The summed E-state index contributed by atoms with van der Waals surface area (Å²) in [6.07, 6.45) is 3.45. The van der Waals surface area contributed by atoms with Crippen molar-refractivity contribution >= 4 is 34.3 Å². The van der Waals surface area contributed by atoms with Crippen molar-refractivity contribution in [3.63, 3.8) is 0 Å². The highest BCUT2D eigenvalue weighted by Gasteiger charge is 2.68. The lowest BCUT2D eigenvalue weighted by Crippen LogP contribution is -2.57. The molecule has 0 bridgehead atoms. The summed E-state index contributed by atoms with van der Waals surface area (Å²) in [5.74, 6) is -0.158. The number of hydrogen-bond donors (Lipinski definition) is 1. The number of ether oxygens (including phenoxy) is 1. The molecule has 7 heteroatoms. The number of imide groups is 1. The van der Waals surface area contributed by atoms with E-state index in [2.05, 4.69) is 21.2 Å². The van der Waals surface area contributed by atoms with Crippen LogP contribution in [0.1, 0.15) is 50.7 Å². The monoisotopic (exact) mass is 434 g/mol. The summed E-state index contributed by atoms with van der Waals surface area (Å²) in [7, 11) is 0. The number of urea groups is 1. The molecule has 1 unspecified atom stereocenters. The highest BCUT2D eigenvalue weighted by atomic mass is 79.9. The van der Waals surface area contributed by atoms with E-state index in [4.69, 9.17) is 4.74 Å². The van der Waals surface area contributed by atoms with Crippen molar-refractivity contribution in [2.75, 3.05) is 0 Å². The summed E-state index contributed by atoms with van der Waals surface area (Å²) in [6, 6.07) is 5.46. The first-order valence-corrected chi connectivity index (χ1v) is 10.2. The normalized spacial score (nSPS) is 32.3. The molecule has 4 rings (SSSR count). The van der Waals surface area contributed by atoms with Gasteiger partial charge in [-0.05, 0) is 69.2 Å². The van der Waals surface area contributed by atoms with Crippen LogP contribution in [0.25, 0.3) is 0 Å². The van der Waals surface area contributed by atoms with Crippen LogP contribution in [0, 0.1) is 5.41 Å². The highest BCUT2D eigenvalue weighted by molar-refractivity contribution is 9.10. The number of nitrogens with one attached hydrogen (secondary N) is 1. The van der Waals surface area contributed by atoms with Crippen LogP contribution in [0.5, 0.6) is 0 Å². The summed E-state index contributed by atoms with van der Waals surface area (Å²) in [4.78, 5) is 38.5. The van der Waals surface area contributed by atoms with Gasteiger partial charge in [-0.2, -0.15) is 0 Å². The van der Waals surface area contributed by atoms with Gasteiger partial charge in [0.1, 0.15) is 6.10 Å². The number of carbonyl (C=O) groups is 3. The molecule has 0 aromatic heterocycles. The number of fused-ring (bicyclic) bond motifs is 3. The van der Waals surface area contributed by atoms with Crippen molar-refractivity contribution in [2.24, 2.45) is 5.41 Å². The van der Waals surface area contributed by atoms with Gasteiger partial charge >= 0.3 is 6.03 Å². The van der Waals surface area contributed by atoms with Crippen molar-refractivity contribution in [1.82, 2.24) is 10.2 Å². The number of amides is 3. The van der Waals surface area contributed by atoms with E-state index in [0.717, 1.165) is 34.9 Å². The molecule has 1 N–H and O–H groups in total. The summed E-state index contributed by atoms with van der Waals surface area (Å²) in [6.45, 7) is 4.21. The molecule has 2 aliphatic carbocycles. The number of halogens is 1. The minimum Gasteiger partial charge on any atom is -0.465 e. The fourth-order valence-electron chi connectivity index (χ4n) is 5.30. The third-order valence-corrected chi connectivity index (χ3v) is 7.00. The van der Waals surface area contributed by atoms with Crippen molar-refractivity contribution < 1.29 is 19.1 Å². The van der Waals surface area contributed by atoms with E-state index >= 15 is 0 Å². The van der Waals surface area contributed by atoms with Crippen LogP contribution in [0.15, 0.2) is 22.7 Å². The quantitative estimate of drug-likeness (QED) is 0.584. The van der Waals surface area contributed by atoms with Gasteiger partial charge in [-0.25, -0.2) is 4.79 Å². The maximum Gasteiger partial charge on any atom is 0.325 e.